The van der Waals surface area contributed by atoms with E-state index in [9.17, 15) is 4.79 Å². The second kappa shape index (κ2) is 4.99. The molecule has 1 amide bonds. The molecule has 0 radical (unpaired) electrons. The molecule has 2 heterocycles. The van der Waals surface area contributed by atoms with Crippen molar-refractivity contribution in [3.8, 4) is 0 Å². The van der Waals surface area contributed by atoms with Crippen LogP contribution in [0, 0.1) is 0 Å². The molecule has 6 heteroatoms. The third-order valence-electron chi connectivity index (χ3n) is 1.60. The average Bonchev–Trinajstić information content (AvgIpc) is 2.86. The summed E-state index contributed by atoms with van der Waals surface area (Å²) in [6.07, 6.45) is 3.27. The van der Waals surface area contributed by atoms with Crippen LogP contribution >= 0.6 is 23.1 Å². The Hall–Kier alpha value is -1.27. The fourth-order valence-corrected chi connectivity index (χ4v) is 2.57. The molecule has 2 aromatic heterocycles. The SMILES string of the molecule is O=C(CSc1cccs1)Nc1ncc[nH]1. The summed E-state index contributed by atoms with van der Waals surface area (Å²) >= 11 is 3.15. The quantitative estimate of drug-likeness (QED) is 0.804. The molecule has 0 aromatic carbocycles. The van der Waals surface area contributed by atoms with Gasteiger partial charge in [-0.25, -0.2) is 4.98 Å². The summed E-state index contributed by atoms with van der Waals surface area (Å²) in [4.78, 5) is 18.1. The van der Waals surface area contributed by atoms with Gasteiger partial charge in [0.05, 0.1) is 9.96 Å². The number of hydrogen-bond donors (Lipinski definition) is 2. The highest BCUT2D eigenvalue weighted by Crippen LogP contribution is 2.22. The van der Waals surface area contributed by atoms with Crippen molar-refractivity contribution in [3.63, 3.8) is 0 Å². The topological polar surface area (TPSA) is 57.8 Å². The first kappa shape index (κ1) is 10.3. The number of nitrogens with zero attached hydrogens (tertiary/aromatic N) is 1. The van der Waals surface area contributed by atoms with E-state index in [1.807, 2.05) is 17.5 Å². The van der Waals surface area contributed by atoms with E-state index in [1.165, 1.54) is 11.8 Å². The number of H-pyrrole nitrogens is 1. The standard InChI is InChI=1S/C9H9N3OS2/c13-7(12-9-10-3-4-11-9)6-15-8-2-1-5-14-8/h1-5H,6H2,(H2,10,11,12,13). The third kappa shape index (κ3) is 3.10. The summed E-state index contributed by atoms with van der Waals surface area (Å²) in [6.45, 7) is 0. The Morgan fingerprint density at radius 2 is 2.60 bits per heavy atom. The van der Waals surface area contributed by atoms with E-state index in [4.69, 9.17) is 0 Å². The number of carbonyl (C=O) groups excluding carboxylic acids is 1. The van der Waals surface area contributed by atoms with Gasteiger partial charge in [-0.3, -0.25) is 10.1 Å². The van der Waals surface area contributed by atoms with Crippen LogP contribution in [0.25, 0.3) is 0 Å². The number of thioether (sulfide) groups is 1. The van der Waals surface area contributed by atoms with E-state index in [0.29, 0.717) is 11.7 Å². The van der Waals surface area contributed by atoms with E-state index < -0.39 is 0 Å². The minimum absolute atomic E-state index is 0.0525. The number of carbonyl (C=O) groups is 1. The highest BCUT2D eigenvalue weighted by atomic mass is 32.2. The zero-order chi connectivity index (χ0) is 10.5. The molecule has 0 aliphatic heterocycles. The fourth-order valence-electron chi connectivity index (χ4n) is 0.984. The van der Waals surface area contributed by atoms with E-state index in [1.54, 1.807) is 23.7 Å². The Bertz CT molecular complexity index is 411. The van der Waals surface area contributed by atoms with Crippen LogP contribution in [-0.4, -0.2) is 21.6 Å². The van der Waals surface area contributed by atoms with Crippen molar-refractivity contribution >= 4 is 35.0 Å². The monoisotopic (exact) mass is 239 g/mol. The predicted octanol–water partition coefficient (Wildman–Crippen LogP) is 2.20. The molecule has 4 nitrogen and oxygen atoms in total. The first-order valence-corrected chi connectivity index (χ1v) is 6.16. The first-order chi connectivity index (χ1) is 7.34. The summed E-state index contributed by atoms with van der Waals surface area (Å²) in [5.41, 5.74) is 0. The van der Waals surface area contributed by atoms with Gasteiger partial charge in [0, 0.05) is 12.4 Å². The highest BCUT2D eigenvalue weighted by Gasteiger charge is 2.04. The van der Waals surface area contributed by atoms with E-state index in [0.717, 1.165) is 4.21 Å². The zero-order valence-electron chi connectivity index (χ0n) is 7.77. The smallest absolute Gasteiger partial charge is 0.237 e. The molecule has 0 aliphatic carbocycles. The summed E-state index contributed by atoms with van der Waals surface area (Å²) in [5, 5.41) is 4.66. The van der Waals surface area contributed by atoms with Crippen LogP contribution in [0.1, 0.15) is 0 Å². The molecular weight excluding hydrogens is 230 g/mol. The number of anilines is 1. The van der Waals surface area contributed by atoms with Crippen molar-refractivity contribution in [1.29, 1.82) is 0 Å². The Morgan fingerprint density at radius 3 is 3.27 bits per heavy atom. The van der Waals surface area contributed by atoms with Gasteiger partial charge in [-0.15, -0.1) is 23.1 Å². The second-order valence-electron chi connectivity index (χ2n) is 2.71. The van der Waals surface area contributed by atoms with Gasteiger partial charge in [-0.05, 0) is 11.4 Å². The zero-order valence-corrected chi connectivity index (χ0v) is 9.40. The van der Waals surface area contributed by atoms with Crippen LogP contribution in [0.15, 0.2) is 34.1 Å². The number of thiophene rings is 1. The normalized spacial score (nSPS) is 10.1. The van der Waals surface area contributed by atoms with Gasteiger partial charge in [0.25, 0.3) is 0 Å². The van der Waals surface area contributed by atoms with Gasteiger partial charge in [-0.1, -0.05) is 6.07 Å². The van der Waals surface area contributed by atoms with Gasteiger partial charge in [0.15, 0.2) is 0 Å². The van der Waals surface area contributed by atoms with E-state index in [2.05, 4.69) is 15.3 Å². The van der Waals surface area contributed by atoms with E-state index in [-0.39, 0.29) is 5.91 Å². The number of aromatic amines is 1. The lowest BCUT2D eigenvalue weighted by atomic mass is 10.7. The van der Waals surface area contributed by atoms with Crippen molar-refractivity contribution in [2.24, 2.45) is 0 Å². The van der Waals surface area contributed by atoms with Gasteiger partial charge in [0.1, 0.15) is 0 Å². The summed E-state index contributed by atoms with van der Waals surface area (Å²) in [7, 11) is 0. The van der Waals surface area contributed by atoms with Crippen LogP contribution < -0.4 is 5.32 Å². The number of amides is 1. The molecule has 0 atom stereocenters. The molecule has 0 saturated heterocycles. The Balaban J connectivity index is 1.78. The molecule has 78 valence electrons. The fraction of sp³-hybridized carbons (Fsp3) is 0.111. The number of imidazole rings is 1. The van der Waals surface area contributed by atoms with Crippen molar-refractivity contribution in [2.45, 2.75) is 4.21 Å². The minimum atomic E-state index is -0.0525. The number of aromatic nitrogens is 2. The number of nitrogens with one attached hydrogen (secondary N) is 2. The molecule has 2 rings (SSSR count). The maximum Gasteiger partial charge on any atom is 0.237 e. The number of rotatable bonds is 4. The lowest BCUT2D eigenvalue weighted by Crippen LogP contribution is -2.14. The minimum Gasteiger partial charge on any atom is -0.331 e. The first-order valence-electron chi connectivity index (χ1n) is 4.30. The summed E-state index contributed by atoms with van der Waals surface area (Å²) in [5.74, 6) is 0.844. The van der Waals surface area contributed by atoms with Crippen molar-refractivity contribution in [3.05, 3.63) is 29.9 Å². The molecule has 0 aliphatic rings. The molecule has 0 fully saturated rings. The summed E-state index contributed by atoms with van der Waals surface area (Å²) < 4.78 is 1.14. The Kier molecular flexibility index (Phi) is 3.41. The largest absolute Gasteiger partial charge is 0.331 e. The van der Waals surface area contributed by atoms with Crippen LogP contribution in [0.4, 0.5) is 5.95 Å². The molecule has 0 saturated carbocycles. The van der Waals surface area contributed by atoms with Crippen molar-refractivity contribution in [1.82, 2.24) is 9.97 Å². The Labute approximate surface area is 95.1 Å². The predicted molar refractivity (Wildman–Crippen MR) is 62.3 cm³/mol. The molecule has 2 N–H and O–H groups in total. The van der Waals surface area contributed by atoms with Gasteiger partial charge >= 0.3 is 0 Å². The van der Waals surface area contributed by atoms with Crippen LogP contribution in [0.3, 0.4) is 0 Å². The van der Waals surface area contributed by atoms with Gasteiger partial charge < -0.3 is 4.98 Å². The third-order valence-corrected chi connectivity index (χ3v) is 3.73. The summed E-state index contributed by atoms with van der Waals surface area (Å²) in [6, 6.07) is 3.97. The lowest BCUT2D eigenvalue weighted by Gasteiger charge is -1.99. The molecule has 0 spiro atoms. The molecule has 0 bridgehead atoms. The van der Waals surface area contributed by atoms with Crippen molar-refractivity contribution < 1.29 is 4.79 Å². The second-order valence-corrected chi connectivity index (χ2v) is 4.93. The average molecular weight is 239 g/mol. The van der Waals surface area contributed by atoms with Gasteiger partial charge in [-0.2, -0.15) is 0 Å². The Morgan fingerprint density at radius 1 is 1.67 bits per heavy atom. The number of hydrogen-bond acceptors (Lipinski definition) is 4. The molecule has 15 heavy (non-hydrogen) atoms. The van der Waals surface area contributed by atoms with Crippen LogP contribution in [0.2, 0.25) is 0 Å². The molecule has 2 aromatic rings. The molecule has 0 unspecified atom stereocenters. The van der Waals surface area contributed by atoms with Crippen LogP contribution in [-0.2, 0) is 4.79 Å². The van der Waals surface area contributed by atoms with E-state index >= 15 is 0 Å². The lowest BCUT2D eigenvalue weighted by molar-refractivity contribution is -0.113. The van der Waals surface area contributed by atoms with Gasteiger partial charge in [0.2, 0.25) is 11.9 Å². The van der Waals surface area contributed by atoms with Crippen molar-refractivity contribution in [2.75, 3.05) is 11.1 Å². The van der Waals surface area contributed by atoms with Crippen LogP contribution in [0.5, 0.6) is 0 Å². The highest BCUT2D eigenvalue weighted by molar-refractivity contribution is 8.01. The maximum atomic E-state index is 11.4. The molecular formula is C9H9N3OS2. The maximum absolute atomic E-state index is 11.4.